The number of rotatable bonds is 13. The molecule has 0 amide bonds. The fourth-order valence-electron chi connectivity index (χ4n) is 5.32. The van der Waals surface area contributed by atoms with Crippen molar-refractivity contribution in [3.63, 3.8) is 0 Å². The molecule has 6 rings (SSSR count). The molecule has 0 spiro atoms. The van der Waals surface area contributed by atoms with E-state index < -0.39 is 7.14 Å². The number of hydrogen-bond acceptors (Lipinski definition) is 4. The van der Waals surface area contributed by atoms with E-state index in [1.54, 1.807) is 0 Å². The van der Waals surface area contributed by atoms with E-state index in [4.69, 9.17) is 14.2 Å². The lowest BCUT2D eigenvalue weighted by Crippen LogP contribution is -2.26. The van der Waals surface area contributed by atoms with Crippen molar-refractivity contribution < 1.29 is 18.8 Å². The maximum Gasteiger partial charge on any atom is 0.174 e. The predicted octanol–water partition coefficient (Wildman–Crippen LogP) is 9.48. The minimum atomic E-state index is -3.35. The molecular formula is C42H37O4P. The monoisotopic (exact) mass is 636 g/mol. The second-order valence-electron chi connectivity index (χ2n) is 11.2. The van der Waals surface area contributed by atoms with Crippen LogP contribution in [0.4, 0.5) is 0 Å². The normalized spacial score (nSPS) is 11.1. The van der Waals surface area contributed by atoms with E-state index in [0.29, 0.717) is 30.0 Å². The highest BCUT2D eigenvalue weighted by Gasteiger charge is 2.33. The van der Waals surface area contributed by atoms with Crippen molar-refractivity contribution in [1.29, 1.82) is 0 Å². The Labute approximate surface area is 277 Å². The maximum absolute atomic E-state index is 15.4. The van der Waals surface area contributed by atoms with Crippen LogP contribution in [0.25, 0.3) is 6.08 Å². The maximum atomic E-state index is 15.4. The first-order valence-electron chi connectivity index (χ1n) is 15.7. The molecule has 0 bridgehead atoms. The van der Waals surface area contributed by atoms with Crippen LogP contribution in [0.1, 0.15) is 29.2 Å². The molecular weight excluding hydrogens is 599 g/mol. The first kappa shape index (κ1) is 31.7. The van der Waals surface area contributed by atoms with Crippen molar-refractivity contribution in [1.82, 2.24) is 0 Å². The Bertz CT molecular complexity index is 1910. The Balaban J connectivity index is 1.28. The summed E-state index contributed by atoms with van der Waals surface area (Å²) in [5.74, 6) is 2.71. The quantitative estimate of drug-likeness (QED) is 0.119. The molecule has 47 heavy (non-hydrogen) atoms. The van der Waals surface area contributed by atoms with Gasteiger partial charge in [0.15, 0.2) is 7.14 Å². The van der Waals surface area contributed by atoms with Crippen LogP contribution >= 0.6 is 7.14 Å². The average Bonchev–Trinajstić information content (AvgIpc) is 3.14. The summed E-state index contributed by atoms with van der Waals surface area (Å²) in [7, 11) is -3.35. The lowest BCUT2D eigenvalue weighted by molar-refractivity contribution is 0.299. The third-order valence-electron chi connectivity index (χ3n) is 8.02. The van der Waals surface area contributed by atoms with E-state index in [1.165, 1.54) is 5.56 Å². The highest BCUT2D eigenvalue weighted by Crippen LogP contribution is 2.46. The van der Waals surface area contributed by atoms with Gasteiger partial charge in [0, 0.05) is 10.6 Å². The lowest BCUT2D eigenvalue weighted by Gasteiger charge is -2.23. The van der Waals surface area contributed by atoms with Gasteiger partial charge >= 0.3 is 0 Å². The molecule has 0 heterocycles. The topological polar surface area (TPSA) is 44.8 Å². The van der Waals surface area contributed by atoms with Crippen LogP contribution in [-0.2, 0) is 24.2 Å². The Morgan fingerprint density at radius 3 is 1.60 bits per heavy atom. The molecule has 0 aromatic heterocycles. The van der Waals surface area contributed by atoms with Gasteiger partial charge in [-0.3, -0.25) is 0 Å². The Hall–Kier alpha value is -5.31. The minimum Gasteiger partial charge on any atom is -0.489 e. The van der Waals surface area contributed by atoms with E-state index in [0.717, 1.165) is 45.2 Å². The fourth-order valence-corrected chi connectivity index (χ4v) is 8.12. The van der Waals surface area contributed by atoms with Crippen molar-refractivity contribution >= 4 is 29.1 Å². The third kappa shape index (κ3) is 7.57. The molecule has 0 N–H and O–H groups in total. The molecule has 6 aromatic carbocycles. The van der Waals surface area contributed by atoms with E-state index in [-0.39, 0.29) is 0 Å². The van der Waals surface area contributed by atoms with Gasteiger partial charge in [-0.15, -0.1) is 0 Å². The summed E-state index contributed by atoms with van der Waals surface area (Å²) < 4.78 is 34.2. The first-order chi connectivity index (χ1) is 23.0. The fraction of sp³-hybridized carbons (Fsp3) is 0.0952. The largest absolute Gasteiger partial charge is 0.489 e. The summed E-state index contributed by atoms with van der Waals surface area (Å²) in [5, 5.41) is 2.04. The molecule has 0 atom stereocenters. The molecule has 0 aliphatic heterocycles. The molecule has 6 aromatic rings. The number of benzene rings is 6. The number of aryl methyl sites for hydroxylation is 1. The average molecular weight is 637 g/mol. The summed E-state index contributed by atoms with van der Waals surface area (Å²) in [4.78, 5) is 0. The second kappa shape index (κ2) is 14.9. The van der Waals surface area contributed by atoms with Crippen molar-refractivity contribution in [2.45, 2.75) is 26.6 Å². The minimum absolute atomic E-state index is 0.325. The van der Waals surface area contributed by atoms with E-state index in [9.17, 15) is 0 Å². The Morgan fingerprint density at radius 2 is 1.06 bits per heavy atom. The van der Waals surface area contributed by atoms with Crippen molar-refractivity contribution in [2.24, 2.45) is 0 Å². The van der Waals surface area contributed by atoms with Gasteiger partial charge in [-0.25, -0.2) is 0 Å². The van der Waals surface area contributed by atoms with Crippen LogP contribution in [0, 0.1) is 0 Å². The zero-order chi connectivity index (χ0) is 32.5. The van der Waals surface area contributed by atoms with Crippen LogP contribution in [0.5, 0.6) is 23.0 Å². The molecule has 5 heteroatoms. The van der Waals surface area contributed by atoms with Gasteiger partial charge in [0.05, 0.1) is 5.30 Å². The molecule has 234 valence electrons. The molecule has 0 unspecified atom stereocenters. The molecule has 0 aliphatic rings. The SMILES string of the molecule is C=Cc1ccc(COc2ccc(OCc3ccc(Oc4ccc(CC)cc4)cc3)cc2P(=O)(c2ccccc2)c2ccccc2)cc1. The number of hydrogen-bond donors (Lipinski definition) is 0. The smallest absolute Gasteiger partial charge is 0.174 e. The Kier molecular flexibility index (Phi) is 10.0. The summed E-state index contributed by atoms with van der Waals surface area (Å²) >= 11 is 0. The van der Waals surface area contributed by atoms with E-state index in [2.05, 4.69) is 25.6 Å². The van der Waals surface area contributed by atoms with Gasteiger partial charge in [-0.2, -0.15) is 0 Å². The summed E-state index contributed by atoms with van der Waals surface area (Å²) in [6.07, 6.45) is 2.80. The second-order valence-corrected chi connectivity index (χ2v) is 13.9. The molecule has 0 saturated carbocycles. The van der Waals surface area contributed by atoms with Crippen LogP contribution in [0.15, 0.2) is 158 Å². The van der Waals surface area contributed by atoms with E-state index >= 15 is 4.57 Å². The third-order valence-corrected chi connectivity index (χ3v) is 11.1. The van der Waals surface area contributed by atoms with Crippen molar-refractivity contribution in [3.8, 4) is 23.0 Å². The van der Waals surface area contributed by atoms with Crippen LogP contribution < -0.4 is 30.1 Å². The highest BCUT2D eigenvalue weighted by atomic mass is 31.2. The van der Waals surface area contributed by atoms with Gasteiger partial charge in [0.2, 0.25) is 0 Å². The lowest BCUT2D eigenvalue weighted by atomic mass is 10.1. The first-order valence-corrected chi connectivity index (χ1v) is 17.4. The summed E-state index contributed by atoms with van der Waals surface area (Å²) in [6.45, 7) is 6.63. The molecule has 0 fully saturated rings. The van der Waals surface area contributed by atoms with Gasteiger partial charge in [0.25, 0.3) is 0 Å². The van der Waals surface area contributed by atoms with Gasteiger partial charge in [0.1, 0.15) is 36.2 Å². The standard InChI is InChI=1S/C42H37O4P/c1-3-32-15-17-34(18-16-32)31-45-41-28-27-38(29-42(41)47(43,39-11-7-5-8-12-39)40-13-9-6-10-14-40)44-30-35-21-25-37(26-22-35)46-36-23-19-33(4-2)20-24-36/h3,5-29H,1,4,30-31H2,2H3. The van der Waals surface area contributed by atoms with Crippen molar-refractivity contribution in [3.05, 3.63) is 180 Å². The van der Waals surface area contributed by atoms with Gasteiger partial charge in [-0.05, 0) is 71.1 Å². The zero-order valence-corrected chi connectivity index (χ0v) is 27.3. The van der Waals surface area contributed by atoms with Crippen LogP contribution in [0.3, 0.4) is 0 Å². The van der Waals surface area contributed by atoms with Crippen molar-refractivity contribution in [2.75, 3.05) is 0 Å². The van der Waals surface area contributed by atoms with Gasteiger partial charge in [-0.1, -0.05) is 129 Å². The van der Waals surface area contributed by atoms with Crippen LogP contribution in [-0.4, -0.2) is 0 Å². The zero-order valence-electron chi connectivity index (χ0n) is 26.4. The van der Waals surface area contributed by atoms with E-state index in [1.807, 2.05) is 146 Å². The summed E-state index contributed by atoms with van der Waals surface area (Å²) in [5.41, 5.74) is 4.30. The number of ether oxygens (including phenoxy) is 3. The summed E-state index contributed by atoms with van der Waals surface area (Å²) in [6, 6.07) is 48.8. The molecule has 0 aliphatic carbocycles. The Morgan fingerprint density at radius 1 is 0.574 bits per heavy atom. The van der Waals surface area contributed by atoms with Crippen LogP contribution in [0.2, 0.25) is 0 Å². The molecule has 0 radical (unpaired) electrons. The van der Waals surface area contributed by atoms with Gasteiger partial charge < -0.3 is 18.8 Å². The highest BCUT2D eigenvalue weighted by molar-refractivity contribution is 7.85. The molecule has 4 nitrogen and oxygen atoms in total. The predicted molar refractivity (Wildman–Crippen MR) is 193 cm³/mol. The molecule has 0 saturated heterocycles.